The summed E-state index contributed by atoms with van der Waals surface area (Å²) in [6, 6.07) is 0.269. The van der Waals surface area contributed by atoms with Crippen molar-refractivity contribution in [3.63, 3.8) is 0 Å². The average Bonchev–Trinajstić information content (AvgIpc) is 2.67. The molecule has 1 atom stereocenters. The molecule has 1 aromatic heterocycles. The minimum Gasteiger partial charge on any atom is -0.312 e. The molecule has 0 aliphatic rings. The molecule has 0 aliphatic heterocycles. The summed E-state index contributed by atoms with van der Waals surface area (Å²) in [5.74, 6) is 2.68. The molecule has 1 heterocycles. The Morgan fingerprint density at radius 1 is 1.50 bits per heavy atom. The number of hydrogen-bond acceptors (Lipinski definition) is 4. The first-order valence-electron chi connectivity index (χ1n) is 5.44. The van der Waals surface area contributed by atoms with Crippen LogP contribution in [0.25, 0.3) is 0 Å². The third kappa shape index (κ3) is 3.03. The maximum Gasteiger partial charge on any atom is 0.0857 e. The summed E-state index contributed by atoms with van der Waals surface area (Å²) in [5, 5.41) is 7.53. The van der Waals surface area contributed by atoms with Crippen LogP contribution in [-0.4, -0.2) is 16.6 Å². The summed E-state index contributed by atoms with van der Waals surface area (Å²) < 4.78 is 4.07. The molecule has 16 heavy (non-hydrogen) atoms. The van der Waals surface area contributed by atoms with Gasteiger partial charge < -0.3 is 5.32 Å². The smallest absolute Gasteiger partial charge is 0.0857 e. The Morgan fingerprint density at radius 3 is 2.69 bits per heavy atom. The van der Waals surface area contributed by atoms with Crippen LogP contribution in [0.5, 0.6) is 0 Å². The summed E-state index contributed by atoms with van der Waals surface area (Å²) in [6.45, 7) is 6.46. The maximum atomic E-state index is 5.30. The molecule has 4 heteroatoms. The van der Waals surface area contributed by atoms with Crippen molar-refractivity contribution in [2.45, 2.75) is 45.1 Å². The van der Waals surface area contributed by atoms with Gasteiger partial charge >= 0.3 is 0 Å². The van der Waals surface area contributed by atoms with Crippen LogP contribution < -0.4 is 5.32 Å². The molecule has 0 radical (unpaired) electrons. The van der Waals surface area contributed by atoms with Gasteiger partial charge in [0.15, 0.2) is 0 Å². The molecule has 0 saturated heterocycles. The van der Waals surface area contributed by atoms with Gasteiger partial charge in [-0.15, -0.1) is 17.4 Å². The molecule has 0 aromatic carbocycles. The molecule has 0 aliphatic carbocycles. The summed E-state index contributed by atoms with van der Waals surface area (Å²) >= 11 is 1.47. The molecule has 0 spiro atoms. The Bertz CT molecular complexity index is 370. The van der Waals surface area contributed by atoms with Crippen molar-refractivity contribution in [3.8, 4) is 12.3 Å². The second kappa shape index (κ2) is 5.42. The minimum absolute atomic E-state index is 0.0353. The van der Waals surface area contributed by atoms with E-state index in [1.54, 1.807) is 0 Å². The predicted molar refractivity (Wildman–Crippen MR) is 68.5 cm³/mol. The van der Waals surface area contributed by atoms with Crippen LogP contribution in [0.15, 0.2) is 0 Å². The first-order chi connectivity index (χ1) is 7.50. The normalized spacial score (nSPS) is 13.4. The Hall–Kier alpha value is -0.920. The maximum absolute atomic E-state index is 5.30. The fraction of sp³-hybridized carbons (Fsp3) is 0.667. The minimum atomic E-state index is 0.0353. The van der Waals surface area contributed by atoms with Crippen LogP contribution in [0.2, 0.25) is 0 Å². The number of terminal acetylenes is 1. The number of hydrogen-bond donors (Lipinski definition) is 1. The van der Waals surface area contributed by atoms with E-state index >= 15 is 0 Å². The van der Waals surface area contributed by atoms with E-state index in [0.29, 0.717) is 0 Å². The van der Waals surface area contributed by atoms with E-state index in [-0.39, 0.29) is 11.5 Å². The SMILES string of the molecule is C#CCCC(NC)c1snnc1C(C)(C)C. The molecule has 0 amide bonds. The number of aromatic nitrogens is 2. The van der Waals surface area contributed by atoms with E-state index in [0.717, 1.165) is 18.5 Å². The highest BCUT2D eigenvalue weighted by atomic mass is 32.1. The quantitative estimate of drug-likeness (QED) is 0.818. The Labute approximate surface area is 102 Å². The van der Waals surface area contributed by atoms with E-state index in [2.05, 4.69) is 41.6 Å². The van der Waals surface area contributed by atoms with Gasteiger partial charge in [-0.2, -0.15) is 0 Å². The van der Waals surface area contributed by atoms with Gasteiger partial charge in [0.2, 0.25) is 0 Å². The molecule has 3 nitrogen and oxygen atoms in total. The standard InChI is InChI=1S/C12H19N3S/c1-6-7-8-9(13-5)10-11(12(2,3)4)14-15-16-10/h1,9,13H,7-8H2,2-5H3. The third-order valence-electron chi connectivity index (χ3n) is 2.47. The molecule has 1 aromatic rings. The zero-order valence-corrected chi connectivity index (χ0v) is 11.2. The largest absolute Gasteiger partial charge is 0.312 e. The van der Waals surface area contributed by atoms with Gasteiger partial charge in [0.05, 0.1) is 10.6 Å². The first-order valence-corrected chi connectivity index (χ1v) is 6.21. The zero-order chi connectivity index (χ0) is 12.2. The summed E-state index contributed by atoms with van der Waals surface area (Å²) in [7, 11) is 1.95. The van der Waals surface area contributed by atoms with Crippen LogP contribution in [0.1, 0.15) is 50.2 Å². The fourth-order valence-electron chi connectivity index (χ4n) is 1.58. The lowest BCUT2D eigenvalue weighted by atomic mass is 9.89. The lowest BCUT2D eigenvalue weighted by Crippen LogP contribution is -2.21. The van der Waals surface area contributed by atoms with Crippen molar-refractivity contribution in [1.82, 2.24) is 14.9 Å². The molecular weight excluding hydrogens is 218 g/mol. The van der Waals surface area contributed by atoms with Crippen molar-refractivity contribution in [2.75, 3.05) is 7.05 Å². The van der Waals surface area contributed by atoms with E-state index < -0.39 is 0 Å². The van der Waals surface area contributed by atoms with Gasteiger partial charge in [0.25, 0.3) is 0 Å². The Kier molecular flexibility index (Phi) is 4.45. The summed E-state index contributed by atoms with van der Waals surface area (Å²) in [5.41, 5.74) is 1.11. The van der Waals surface area contributed by atoms with Crippen molar-refractivity contribution in [1.29, 1.82) is 0 Å². The highest BCUT2D eigenvalue weighted by Crippen LogP contribution is 2.31. The zero-order valence-electron chi connectivity index (χ0n) is 10.4. The average molecular weight is 237 g/mol. The number of nitrogens with zero attached hydrogens (tertiary/aromatic N) is 2. The Balaban J connectivity index is 2.94. The lowest BCUT2D eigenvalue weighted by Gasteiger charge is -2.20. The van der Waals surface area contributed by atoms with Crippen LogP contribution in [0, 0.1) is 12.3 Å². The Morgan fingerprint density at radius 2 is 2.19 bits per heavy atom. The number of rotatable bonds is 4. The topological polar surface area (TPSA) is 37.8 Å². The lowest BCUT2D eigenvalue weighted by molar-refractivity contribution is 0.518. The first kappa shape index (κ1) is 13.1. The monoisotopic (exact) mass is 237 g/mol. The molecule has 1 N–H and O–H groups in total. The van der Waals surface area contributed by atoms with Crippen LogP contribution >= 0.6 is 11.5 Å². The van der Waals surface area contributed by atoms with Gasteiger partial charge in [-0.25, -0.2) is 0 Å². The van der Waals surface area contributed by atoms with Crippen molar-refractivity contribution in [3.05, 3.63) is 10.6 Å². The predicted octanol–water partition coefficient (Wildman–Crippen LogP) is 2.51. The highest BCUT2D eigenvalue weighted by molar-refractivity contribution is 7.05. The summed E-state index contributed by atoms with van der Waals surface area (Å²) in [4.78, 5) is 1.21. The molecule has 0 saturated carbocycles. The van der Waals surface area contributed by atoms with E-state index in [1.807, 2.05) is 7.05 Å². The van der Waals surface area contributed by atoms with Gasteiger partial charge in [0.1, 0.15) is 0 Å². The number of nitrogens with one attached hydrogen (secondary N) is 1. The van der Waals surface area contributed by atoms with E-state index in [1.165, 1.54) is 16.4 Å². The van der Waals surface area contributed by atoms with Crippen molar-refractivity contribution < 1.29 is 0 Å². The van der Waals surface area contributed by atoms with E-state index in [9.17, 15) is 0 Å². The van der Waals surface area contributed by atoms with Crippen molar-refractivity contribution >= 4 is 11.5 Å². The second-order valence-corrected chi connectivity index (χ2v) is 5.61. The van der Waals surface area contributed by atoms with Gasteiger partial charge in [-0.3, -0.25) is 0 Å². The van der Waals surface area contributed by atoms with Crippen LogP contribution in [0.4, 0.5) is 0 Å². The van der Waals surface area contributed by atoms with E-state index in [4.69, 9.17) is 6.42 Å². The molecule has 0 fully saturated rings. The molecule has 1 rings (SSSR count). The molecule has 0 bridgehead atoms. The molecular formula is C12H19N3S. The summed E-state index contributed by atoms with van der Waals surface area (Å²) in [6.07, 6.45) is 7.00. The second-order valence-electron chi connectivity index (χ2n) is 4.82. The van der Waals surface area contributed by atoms with Gasteiger partial charge in [-0.05, 0) is 25.0 Å². The molecule has 1 unspecified atom stereocenters. The van der Waals surface area contributed by atoms with Gasteiger partial charge in [0, 0.05) is 17.9 Å². The molecule has 88 valence electrons. The van der Waals surface area contributed by atoms with Crippen molar-refractivity contribution in [2.24, 2.45) is 0 Å². The fourth-order valence-corrected chi connectivity index (χ4v) is 2.59. The van der Waals surface area contributed by atoms with Crippen LogP contribution in [-0.2, 0) is 5.41 Å². The third-order valence-corrected chi connectivity index (χ3v) is 3.30. The van der Waals surface area contributed by atoms with Crippen LogP contribution in [0.3, 0.4) is 0 Å². The van der Waals surface area contributed by atoms with Gasteiger partial charge in [-0.1, -0.05) is 25.3 Å². The highest BCUT2D eigenvalue weighted by Gasteiger charge is 2.26.